The summed E-state index contributed by atoms with van der Waals surface area (Å²) in [4.78, 5) is 8.75. The lowest BCUT2D eigenvalue weighted by Gasteiger charge is -2.07. The summed E-state index contributed by atoms with van der Waals surface area (Å²) in [5, 5.41) is 0. The molecular formula is C14H10ClF2N3. The summed E-state index contributed by atoms with van der Waals surface area (Å²) in [5.41, 5.74) is 2.49. The van der Waals surface area contributed by atoms with Gasteiger partial charge in [-0.3, -0.25) is 4.57 Å². The zero-order chi connectivity index (χ0) is 14.3. The Balaban J connectivity index is 2.32. The Labute approximate surface area is 118 Å². The van der Waals surface area contributed by atoms with Gasteiger partial charge in [-0.2, -0.15) is 0 Å². The van der Waals surface area contributed by atoms with Gasteiger partial charge in [-0.25, -0.2) is 18.7 Å². The van der Waals surface area contributed by atoms with Crippen molar-refractivity contribution in [2.45, 2.75) is 12.8 Å². The predicted octanol–water partition coefficient (Wildman–Crippen LogP) is 3.75. The predicted molar refractivity (Wildman–Crippen MR) is 73.1 cm³/mol. The minimum absolute atomic E-state index is 0.147. The number of benzene rings is 1. The number of alkyl halides is 1. The highest BCUT2D eigenvalue weighted by Gasteiger charge is 2.14. The average Bonchev–Trinajstić information content (AvgIpc) is 2.79. The summed E-state index contributed by atoms with van der Waals surface area (Å²) >= 11 is 5.89. The monoisotopic (exact) mass is 293 g/mol. The second-order valence-corrected chi connectivity index (χ2v) is 4.66. The fraction of sp³-hybridized carbons (Fsp3) is 0.143. The van der Waals surface area contributed by atoms with Crippen molar-refractivity contribution in [2.24, 2.45) is 0 Å². The number of nitrogens with zero attached hydrogens (tertiary/aromatic N) is 3. The molecule has 6 heteroatoms. The van der Waals surface area contributed by atoms with E-state index in [1.165, 1.54) is 6.07 Å². The molecule has 0 spiro atoms. The quantitative estimate of drug-likeness (QED) is 0.674. The van der Waals surface area contributed by atoms with Crippen molar-refractivity contribution < 1.29 is 8.78 Å². The van der Waals surface area contributed by atoms with Gasteiger partial charge in [-0.15, -0.1) is 11.6 Å². The molecule has 20 heavy (non-hydrogen) atoms. The summed E-state index contributed by atoms with van der Waals surface area (Å²) in [6, 6.07) is 7.31. The highest BCUT2D eigenvalue weighted by molar-refractivity contribution is 6.16. The molecule has 0 N–H and O–H groups in total. The highest BCUT2D eigenvalue weighted by atomic mass is 35.5. The first kappa shape index (κ1) is 13.0. The lowest BCUT2D eigenvalue weighted by Crippen LogP contribution is -2.02. The Morgan fingerprint density at radius 3 is 2.60 bits per heavy atom. The first-order chi connectivity index (χ1) is 9.60. The van der Waals surface area contributed by atoms with E-state index in [0.717, 1.165) is 17.8 Å². The Hall–Kier alpha value is -2.01. The van der Waals surface area contributed by atoms with E-state index >= 15 is 0 Å². The fourth-order valence-corrected chi connectivity index (χ4v) is 2.26. The minimum atomic E-state index is -0.919. The topological polar surface area (TPSA) is 30.7 Å². The van der Waals surface area contributed by atoms with Crippen LogP contribution in [-0.4, -0.2) is 14.5 Å². The van der Waals surface area contributed by atoms with E-state index in [0.29, 0.717) is 22.7 Å². The molecular weight excluding hydrogens is 284 g/mol. The van der Waals surface area contributed by atoms with Crippen LogP contribution in [-0.2, 0) is 5.88 Å². The summed E-state index contributed by atoms with van der Waals surface area (Å²) in [5.74, 6) is -1.13. The Bertz CT molecular complexity index is 798. The van der Waals surface area contributed by atoms with Crippen molar-refractivity contribution in [2.75, 3.05) is 0 Å². The summed E-state index contributed by atoms with van der Waals surface area (Å²) in [6.45, 7) is 1.85. The molecule has 0 saturated heterocycles. The van der Waals surface area contributed by atoms with Gasteiger partial charge in [-0.05, 0) is 31.2 Å². The van der Waals surface area contributed by atoms with Crippen LogP contribution < -0.4 is 0 Å². The van der Waals surface area contributed by atoms with E-state index in [2.05, 4.69) is 9.97 Å². The molecule has 3 nitrogen and oxygen atoms in total. The molecule has 0 aliphatic heterocycles. The number of hydrogen-bond acceptors (Lipinski definition) is 2. The maximum Gasteiger partial charge on any atom is 0.164 e. The number of halogens is 3. The van der Waals surface area contributed by atoms with Crippen LogP contribution in [0.5, 0.6) is 0 Å². The molecule has 0 amide bonds. The van der Waals surface area contributed by atoms with Crippen LogP contribution in [0.3, 0.4) is 0 Å². The van der Waals surface area contributed by atoms with Crippen molar-refractivity contribution in [3.63, 3.8) is 0 Å². The second-order valence-electron chi connectivity index (χ2n) is 4.39. The second kappa shape index (κ2) is 4.83. The van der Waals surface area contributed by atoms with Crippen molar-refractivity contribution in [3.05, 3.63) is 53.5 Å². The van der Waals surface area contributed by atoms with E-state index in [9.17, 15) is 8.78 Å². The van der Waals surface area contributed by atoms with Gasteiger partial charge >= 0.3 is 0 Å². The third-order valence-electron chi connectivity index (χ3n) is 2.99. The molecule has 0 bridgehead atoms. The van der Waals surface area contributed by atoms with Crippen LogP contribution in [0.15, 0.2) is 30.3 Å². The summed E-state index contributed by atoms with van der Waals surface area (Å²) in [7, 11) is 0. The van der Waals surface area contributed by atoms with Crippen LogP contribution in [0.25, 0.3) is 16.9 Å². The first-order valence-electron chi connectivity index (χ1n) is 5.96. The molecule has 0 radical (unpaired) electrons. The molecule has 0 saturated carbocycles. The Morgan fingerprint density at radius 2 is 1.90 bits per heavy atom. The van der Waals surface area contributed by atoms with Crippen LogP contribution in [0.4, 0.5) is 8.78 Å². The van der Waals surface area contributed by atoms with Crippen molar-refractivity contribution in [1.29, 1.82) is 0 Å². The standard InChI is InChI=1S/C14H10ClF2N3/c1-8-2-5-12-14(18-8)20(13(7-15)19-12)9-3-4-10(16)11(17)6-9/h2-6H,7H2,1H3. The van der Waals surface area contributed by atoms with Crippen molar-refractivity contribution >= 4 is 22.8 Å². The maximum atomic E-state index is 13.4. The highest BCUT2D eigenvalue weighted by Crippen LogP contribution is 2.22. The lowest BCUT2D eigenvalue weighted by molar-refractivity contribution is 0.508. The van der Waals surface area contributed by atoms with Crippen molar-refractivity contribution in [3.8, 4) is 5.69 Å². The van der Waals surface area contributed by atoms with E-state index in [4.69, 9.17) is 11.6 Å². The molecule has 102 valence electrons. The average molecular weight is 294 g/mol. The smallest absolute Gasteiger partial charge is 0.164 e. The van der Waals surface area contributed by atoms with E-state index in [1.54, 1.807) is 4.57 Å². The molecule has 1 aromatic carbocycles. The number of aryl methyl sites for hydroxylation is 1. The van der Waals surface area contributed by atoms with Crippen LogP contribution >= 0.6 is 11.6 Å². The van der Waals surface area contributed by atoms with Crippen LogP contribution in [0.1, 0.15) is 11.5 Å². The molecule has 2 aromatic heterocycles. The number of rotatable bonds is 2. The SMILES string of the molecule is Cc1ccc2nc(CCl)n(-c3ccc(F)c(F)c3)c2n1. The van der Waals surface area contributed by atoms with Crippen molar-refractivity contribution in [1.82, 2.24) is 14.5 Å². The number of hydrogen-bond donors (Lipinski definition) is 0. The normalized spacial score (nSPS) is 11.2. The zero-order valence-corrected chi connectivity index (χ0v) is 11.3. The number of aromatic nitrogens is 3. The van der Waals surface area contributed by atoms with Gasteiger partial charge in [0, 0.05) is 11.8 Å². The maximum absolute atomic E-state index is 13.4. The minimum Gasteiger partial charge on any atom is -0.280 e. The fourth-order valence-electron chi connectivity index (χ4n) is 2.08. The molecule has 0 unspecified atom stereocenters. The largest absolute Gasteiger partial charge is 0.280 e. The number of fused-ring (bicyclic) bond motifs is 1. The first-order valence-corrected chi connectivity index (χ1v) is 6.50. The van der Waals surface area contributed by atoms with E-state index in [-0.39, 0.29) is 5.88 Å². The van der Waals surface area contributed by atoms with Crippen LogP contribution in [0.2, 0.25) is 0 Å². The zero-order valence-electron chi connectivity index (χ0n) is 10.6. The molecule has 0 fully saturated rings. The van der Waals surface area contributed by atoms with Gasteiger partial charge < -0.3 is 0 Å². The van der Waals surface area contributed by atoms with E-state index < -0.39 is 11.6 Å². The molecule has 0 aliphatic carbocycles. The lowest BCUT2D eigenvalue weighted by atomic mass is 10.3. The van der Waals surface area contributed by atoms with Gasteiger partial charge in [0.05, 0.1) is 11.6 Å². The van der Waals surface area contributed by atoms with E-state index in [1.807, 2.05) is 19.1 Å². The van der Waals surface area contributed by atoms with Gasteiger partial charge in [0.15, 0.2) is 17.3 Å². The van der Waals surface area contributed by atoms with Gasteiger partial charge in [-0.1, -0.05) is 0 Å². The van der Waals surface area contributed by atoms with Gasteiger partial charge in [0.1, 0.15) is 11.3 Å². The molecule has 2 heterocycles. The van der Waals surface area contributed by atoms with Gasteiger partial charge in [0.25, 0.3) is 0 Å². The number of pyridine rings is 1. The van der Waals surface area contributed by atoms with Gasteiger partial charge in [0.2, 0.25) is 0 Å². The Kier molecular flexibility index (Phi) is 3.14. The number of imidazole rings is 1. The summed E-state index contributed by atoms with van der Waals surface area (Å²) in [6.07, 6.45) is 0. The third-order valence-corrected chi connectivity index (χ3v) is 3.23. The molecule has 0 atom stereocenters. The molecule has 3 aromatic rings. The Morgan fingerprint density at radius 1 is 1.10 bits per heavy atom. The molecule has 0 aliphatic rings. The third kappa shape index (κ3) is 2.04. The molecule has 3 rings (SSSR count). The van der Waals surface area contributed by atoms with Crippen LogP contribution in [0, 0.1) is 18.6 Å². The summed E-state index contributed by atoms with van der Waals surface area (Å²) < 4.78 is 28.1.